The molecule has 34 nitrogen and oxygen atoms in total. The fourth-order valence-corrected chi connectivity index (χ4v) is 16.3. The number of aryl methyl sites for hydroxylation is 2. The standard InChI is InChI=1S/2C21H23F2N9O8P2S2/c2*1-8-13-18(27-4-25-8)31(6-29-13)20-11(22)15-9(37-20)2-35-42(34,44)40-16-10(3-36-41(33,43)39-15)38-21(12(16)23)32-7-30-14-17(24)26-5-28-19(14)32/h2*4-7,9-12,15-16,20-21H,2-3H2,1H3,(H,33,43)(H,34,44)(H2,24,26,28)/t2*9-,10-,11-,12-,15-,16-,20-,21-,41?,42?/m11/s1. The highest BCUT2D eigenvalue weighted by molar-refractivity contribution is 8.44. The van der Waals surface area contributed by atoms with Gasteiger partial charge in [0.25, 0.3) is 0 Å². The topological polar surface area (TPSA) is 415 Å². The predicted molar refractivity (Wildman–Crippen MR) is 304 cm³/mol. The zero-order valence-electron chi connectivity index (χ0n) is 44.6. The molecule has 8 aromatic heterocycles. The van der Waals surface area contributed by atoms with Gasteiger partial charge in [-0.3, -0.25) is 40.9 Å². The average molecular weight is 1390 g/mol. The van der Waals surface area contributed by atoms with Crippen LogP contribution in [0.2, 0.25) is 0 Å². The number of rotatable bonds is 4. The van der Waals surface area contributed by atoms with Crippen LogP contribution in [0.15, 0.2) is 50.6 Å². The van der Waals surface area contributed by atoms with Crippen LogP contribution in [0.4, 0.5) is 29.2 Å². The van der Waals surface area contributed by atoms with Crippen LogP contribution in [0.1, 0.15) is 36.3 Å². The van der Waals surface area contributed by atoms with Crippen molar-refractivity contribution in [2.45, 2.75) is 112 Å². The summed E-state index contributed by atoms with van der Waals surface area (Å²) in [6.07, 6.45) is -14.9. The molecular weight excluding hydrogens is 1340 g/mol. The highest BCUT2D eigenvalue weighted by Gasteiger charge is 2.56. The van der Waals surface area contributed by atoms with Crippen molar-refractivity contribution >= 4 is 131 Å². The number of alkyl halides is 4. The van der Waals surface area contributed by atoms with Gasteiger partial charge >= 0.3 is 27.0 Å². The van der Waals surface area contributed by atoms with E-state index in [1.165, 1.54) is 68.9 Å². The summed E-state index contributed by atoms with van der Waals surface area (Å²) in [5, 5.41) is 0. The van der Waals surface area contributed by atoms with Gasteiger partial charge in [-0.2, -0.15) is 0 Å². The fourth-order valence-electron chi connectivity index (χ4n) is 10.5. The molecule has 0 bridgehead atoms. The first kappa shape index (κ1) is 62.3. The van der Waals surface area contributed by atoms with Crippen LogP contribution < -0.4 is 11.5 Å². The van der Waals surface area contributed by atoms with Crippen molar-refractivity contribution in [1.29, 1.82) is 0 Å². The molecule has 0 amide bonds. The van der Waals surface area contributed by atoms with E-state index in [9.17, 15) is 19.2 Å². The number of nitrogens with two attached hydrogens (primary N) is 2. The number of hydrogen-bond acceptors (Lipinski definition) is 30. The molecule has 0 saturated carbocycles. The summed E-state index contributed by atoms with van der Waals surface area (Å²) in [5.74, 6) is 0.128. The first-order valence-corrected chi connectivity index (χ1v) is 36.3. The number of anilines is 2. The minimum Gasteiger partial charge on any atom is -0.382 e. The van der Waals surface area contributed by atoms with Crippen molar-refractivity contribution in [3.63, 3.8) is 0 Å². The van der Waals surface area contributed by atoms with Gasteiger partial charge in [-0.1, -0.05) is 12.2 Å². The zero-order valence-corrected chi connectivity index (χ0v) is 51.5. The Morgan fingerprint density at radius 1 is 0.455 bits per heavy atom. The van der Waals surface area contributed by atoms with Crippen LogP contribution in [0.25, 0.3) is 44.7 Å². The Morgan fingerprint density at radius 2 is 0.727 bits per heavy atom. The lowest BCUT2D eigenvalue weighted by Gasteiger charge is -2.29. The molecule has 46 heteroatoms. The molecule has 6 fully saturated rings. The van der Waals surface area contributed by atoms with Gasteiger partial charge in [0, 0.05) is 0 Å². The Balaban J connectivity index is 0.000000162. The first-order chi connectivity index (χ1) is 41.8. The molecule has 8 aromatic rings. The molecule has 7 N–H and O–H groups in total. The number of halogens is 4. The van der Waals surface area contributed by atoms with Crippen molar-refractivity contribution < 1.29 is 91.9 Å². The third-order valence-corrected chi connectivity index (χ3v) is 20.9. The predicted octanol–water partition coefficient (Wildman–Crippen LogP) is 3.38. The second-order valence-electron chi connectivity index (χ2n) is 20.1. The number of nitrogen functional groups attached to an aromatic ring is 2. The second-order valence-corrected chi connectivity index (χ2v) is 31.4. The van der Waals surface area contributed by atoms with Gasteiger partial charge < -0.3 is 58.7 Å². The molecule has 88 heavy (non-hydrogen) atoms. The summed E-state index contributed by atoms with van der Waals surface area (Å²) in [4.78, 5) is 81.9. The van der Waals surface area contributed by atoms with Gasteiger partial charge in [0.1, 0.15) is 96.2 Å². The fraction of sp³-hybridized carbons (Fsp3) is 0.524. The quantitative estimate of drug-likeness (QED) is 0.0835. The maximum Gasteiger partial charge on any atom is 0.386 e. The molecule has 0 spiro atoms. The maximum absolute atomic E-state index is 16.0. The highest BCUT2D eigenvalue weighted by Crippen LogP contribution is 2.60. The average Bonchev–Trinajstić information content (AvgIpc) is 3.34. The lowest BCUT2D eigenvalue weighted by atomic mass is 10.1. The largest absolute Gasteiger partial charge is 0.386 e. The lowest BCUT2D eigenvalue weighted by Crippen LogP contribution is -2.37. The van der Waals surface area contributed by atoms with Crippen molar-refractivity contribution in [2.24, 2.45) is 0 Å². The second kappa shape index (κ2) is 23.8. The van der Waals surface area contributed by atoms with Crippen LogP contribution in [0.5, 0.6) is 0 Å². The first-order valence-electron chi connectivity index (χ1n) is 25.8. The number of thiol groups is 1. The van der Waals surface area contributed by atoms with Gasteiger partial charge in [-0.15, -0.1) is 0 Å². The Bertz CT molecular complexity index is 3680. The van der Waals surface area contributed by atoms with E-state index in [-0.39, 0.29) is 45.3 Å². The highest BCUT2D eigenvalue weighted by atomic mass is 32.7. The monoisotopic (exact) mass is 1390 g/mol. The number of hydrogen-bond donors (Lipinski definition) is 6. The minimum absolute atomic E-state index is 0.0615. The third-order valence-electron chi connectivity index (χ3n) is 14.6. The number of imidazole rings is 4. The molecule has 0 aliphatic carbocycles. The van der Waals surface area contributed by atoms with E-state index in [1.54, 1.807) is 13.8 Å². The summed E-state index contributed by atoms with van der Waals surface area (Å²) < 4.78 is 150. The Morgan fingerprint density at radius 3 is 1.06 bits per heavy atom. The SMILES string of the molecule is Cc1ncnc2c1ncn2[C@@H]1O[C@@H]2COP(O)(=S)O[C@H]3[C@@H](F)[C@H](n4cnc5c(N)ncnc54)O[C@@H]3COP(=O)(S)O[C@H]2[C@H]1F.Cc1ncnc2c1ncn2[C@@H]1O[C@@H]2COP(O)(=S)O[C@H]3[C@@H](F)[C@H](n4cnc5c(N)ncnc54)O[C@@H]3COP(O)(=S)O[C@H]2[C@H]1F. The Hall–Kier alpha value is -4.55. The van der Waals surface area contributed by atoms with Crippen molar-refractivity contribution in [2.75, 3.05) is 37.9 Å². The van der Waals surface area contributed by atoms with Crippen LogP contribution in [-0.4, -0.2) is 193 Å². The number of fused-ring (bicyclic) bond motifs is 8. The van der Waals surface area contributed by atoms with E-state index in [1.807, 2.05) is 0 Å². The molecule has 6 aliphatic rings. The van der Waals surface area contributed by atoms with E-state index in [0.29, 0.717) is 22.4 Å². The van der Waals surface area contributed by atoms with Crippen LogP contribution in [-0.2, 0) is 95.1 Å². The van der Waals surface area contributed by atoms with E-state index in [2.05, 4.69) is 72.1 Å². The minimum atomic E-state index is -4.36. The molecule has 4 unspecified atom stereocenters. The van der Waals surface area contributed by atoms with Crippen LogP contribution in [0.3, 0.4) is 0 Å². The van der Waals surface area contributed by atoms with E-state index >= 15 is 17.6 Å². The molecule has 14 rings (SSSR count). The summed E-state index contributed by atoms with van der Waals surface area (Å²) in [6.45, 7) is -16.0. The van der Waals surface area contributed by atoms with Crippen molar-refractivity contribution in [1.82, 2.24) is 78.1 Å². The molecule has 20 atom stereocenters. The molecule has 472 valence electrons. The smallest absolute Gasteiger partial charge is 0.382 e. The Kier molecular flexibility index (Phi) is 16.9. The van der Waals surface area contributed by atoms with Gasteiger partial charge in [-0.25, -0.2) is 81.9 Å². The third kappa shape index (κ3) is 11.8. The Labute approximate surface area is 510 Å². The van der Waals surface area contributed by atoms with E-state index in [4.69, 9.17) is 102 Å². The maximum atomic E-state index is 16.0. The summed E-state index contributed by atoms with van der Waals surface area (Å²) >= 11 is 19.5. The normalized spacial score (nSPS) is 38.3. The van der Waals surface area contributed by atoms with E-state index in [0.717, 1.165) is 0 Å². The van der Waals surface area contributed by atoms with Gasteiger partial charge in [0.15, 0.2) is 83.8 Å². The van der Waals surface area contributed by atoms with Crippen LogP contribution in [0, 0.1) is 13.8 Å². The van der Waals surface area contributed by atoms with Crippen molar-refractivity contribution in [3.8, 4) is 0 Å². The number of ether oxygens (including phenoxy) is 4. The van der Waals surface area contributed by atoms with Gasteiger partial charge in [0.2, 0.25) is 0 Å². The summed E-state index contributed by atoms with van der Waals surface area (Å²) in [5.41, 5.74) is 14.9. The molecule has 0 radical (unpaired) electrons. The molecule has 6 aliphatic heterocycles. The van der Waals surface area contributed by atoms with Crippen LogP contribution >= 0.6 is 39.2 Å². The van der Waals surface area contributed by atoms with Gasteiger partial charge in [-0.05, 0) is 49.3 Å². The summed E-state index contributed by atoms with van der Waals surface area (Å²) in [7, 11) is 0. The number of aromatic nitrogens is 16. The van der Waals surface area contributed by atoms with E-state index < -0.39 is 152 Å². The van der Waals surface area contributed by atoms with Gasteiger partial charge in [0.05, 0.1) is 63.1 Å². The molecule has 0 aromatic carbocycles. The molecule has 14 heterocycles. The zero-order chi connectivity index (χ0) is 61.9. The lowest BCUT2D eigenvalue weighted by molar-refractivity contribution is -0.0583. The number of nitrogens with zero attached hydrogens (tertiary/aromatic N) is 16. The summed E-state index contributed by atoms with van der Waals surface area (Å²) in [6, 6.07) is 0. The molecule has 6 saturated heterocycles. The molecular formula is C42H46F4N18O16P4S4. The van der Waals surface area contributed by atoms with Crippen molar-refractivity contribution in [3.05, 3.63) is 62.0 Å².